The van der Waals surface area contributed by atoms with Crippen molar-refractivity contribution in [2.24, 2.45) is 0 Å². The van der Waals surface area contributed by atoms with E-state index in [2.05, 4.69) is 10.0 Å². The zero-order chi connectivity index (χ0) is 15.7. The lowest BCUT2D eigenvalue weighted by atomic mass is 10.3. The Balaban J connectivity index is 2.44. The number of nitrogens with one attached hydrogen (secondary N) is 2. The molecule has 2 rings (SSSR count). The molecule has 1 aliphatic rings. The van der Waals surface area contributed by atoms with E-state index in [0.29, 0.717) is 5.69 Å². The minimum absolute atomic E-state index is 0.00621. The molecular formula is C13H20N2O4S2. The first-order valence-electron chi connectivity index (χ1n) is 6.78. The number of sulfone groups is 1. The minimum atomic E-state index is -3.75. The smallest absolute Gasteiger partial charge is 0.242 e. The largest absolute Gasteiger partial charge is 0.387 e. The van der Waals surface area contributed by atoms with Gasteiger partial charge in [-0.25, -0.2) is 21.6 Å². The van der Waals surface area contributed by atoms with Crippen LogP contribution >= 0.6 is 0 Å². The van der Waals surface area contributed by atoms with Gasteiger partial charge in [0.2, 0.25) is 10.0 Å². The molecule has 1 aliphatic carbocycles. The van der Waals surface area contributed by atoms with Crippen LogP contribution in [0.2, 0.25) is 0 Å². The van der Waals surface area contributed by atoms with E-state index in [-0.39, 0.29) is 15.8 Å². The average Bonchev–Trinajstić information content (AvgIpc) is 2.89. The van der Waals surface area contributed by atoms with Gasteiger partial charge < -0.3 is 5.32 Å². The molecule has 1 saturated carbocycles. The number of rotatable bonds is 5. The van der Waals surface area contributed by atoms with Crippen molar-refractivity contribution >= 4 is 25.5 Å². The van der Waals surface area contributed by atoms with Crippen LogP contribution in [0.5, 0.6) is 0 Å². The topological polar surface area (TPSA) is 92.3 Å². The summed E-state index contributed by atoms with van der Waals surface area (Å²) >= 11 is 0. The SMILES string of the molecule is CNc1ccc(S(C)(=O)=O)cc1S(=O)(=O)NC1CCCC1. The van der Waals surface area contributed by atoms with Gasteiger partial charge in [-0.2, -0.15) is 0 Å². The highest BCUT2D eigenvalue weighted by atomic mass is 32.2. The molecule has 0 spiro atoms. The summed E-state index contributed by atoms with van der Waals surface area (Å²) in [6.45, 7) is 0. The third kappa shape index (κ3) is 3.75. The standard InChI is InChI=1S/C13H20N2O4S2/c1-14-12-8-7-11(20(2,16)17)9-13(12)21(18,19)15-10-5-3-4-6-10/h7-10,14-15H,3-6H2,1-2H3. The zero-order valence-electron chi connectivity index (χ0n) is 12.1. The van der Waals surface area contributed by atoms with Crippen LogP contribution < -0.4 is 10.0 Å². The summed E-state index contributed by atoms with van der Waals surface area (Å²) < 4.78 is 50.9. The third-order valence-corrected chi connectivity index (χ3v) is 6.29. The van der Waals surface area contributed by atoms with Crippen molar-refractivity contribution in [3.05, 3.63) is 18.2 Å². The Hall–Kier alpha value is -1.12. The molecule has 0 unspecified atom stereocenters. The fourth-order valence-corrected chi connectivity index (χ4v) is 4.75. The van der Waals surface area contributed by atoms with Gasteiger partial charge in [-0.3, -0.25) is 0 Å². The molecule has 2 N–H and O–H groups in total. The molecule has 0 atom stereocenters. The first-order valence-corrected chi connectivity index (χ1v) is 10.2. The lowest BCUT2D eigenvalue weighted by Crippen LogP contribution is -2.33. The second-order valence-electron chi connectivity index (χ2n) is 5.28. The lowest BCUT2D eigenvalue weighted by molar-refractivity contribution is 0.552. The lowest BCUT2D eigenvalue weighted by Gasteiger charge is -2.16. The summed E-state index contributed by atoms with van der Waals surface area (Å²) in [4.78, 5) is -0.0341. The molecule has 0 aromatic heterocycles. The van der Waals surface area contributed by atoms with Crippen LogP contribution in [0.25, 0.3) is 0 Å². The molecule has 1 aromatic carbocycles. The van der Waals surface area contributed by atoms with Gasteiger partial charge in [0.05, 0.1) is 10.6 Å². The number of sulfonamides is 1. The van der Waals surface area contributed by atoms with Crippen molar-refractivity contribution in [1.82, 2.24) is 4.72 Å². The highest BCUT2D eigenvalue weighted by Gasteiger charge is 2.26. The average molecular weight is 332 g/mol. The minimum Gasteiger partial charge on any atom is -0.387 e. The molecule has 0 amide bonds. The van der Waals surface area contributed by atoms with E-state index in [4.69, 9.17) is 0 Å². The van der Waals surface area contributed by atoms with E-state index in [0.717, 1.165) is 31.9 Å². The number of hydrogen-bond donors (Lipinski definition) is 2. The molecule has 0 radical (unpaired) electrons. The Morgan fingerprint density at radius 3 is 2.24 bits per heavy atom. The Morgan fingerprint density at radius 2 is 1.71 bits per heavy atom. The highest BCUT2D eigenvalue weighted by Crippen LogP contribution is 2.26. The summed E-state index contributed by atoms with van der Waals surface area (Å²) in [7, 11) is -5.60. The van der Waals surface area contributed by atoms with Crippen molar-refractivity contribution < 1.29 is 16.8 Å². The molecule has 6 nitrogen and oxygen atoms in total. The quantitative estimate of drug-likeness (QED) is 0.849. The van der Waals surface area contributed by atoms with E-state index in [9.17, 15) is 16.8 Å². The fourth-order valence-electron chi connectivity index (χ4n) is 2.49. The van der Waals surface area contributed by atoms with E-state index in [1.54, 1.807) is 7.05 Å². The van der Waals surface area contributed by atoms with Gasteiger partial charge in [-0.1, -0.05) is 12.8 Å². The van der Waals surface area contributed by atoms with Gasteiger partial charge in [-0.15, -0.1) is 0 Å². The number of hydrogen-bond acceptors (Lipinski definition) is 5. The van der Waals surface area contributed by atoms with E-state index < -0.39 is 19.9 Å². The van der Waals surface area contributed by atoms with Gasteiger partial charge in [0.25, 0.3) is 0 Å². The molecule has 21 heavy (non-hydrogen) atoms. The maximum atomic E-state index is 12.5. The van der Waals surface area contributed by atoms with Crippen LogP contribution in [0.3, 0.4) is 0 Å². The van der Waals surface area contributed by atoms with Crippen LogP contribution in [0.1, 0.15) is 25.7 Å². The van der Waals surface area contributed by atoms with Crippen molar-refractivity contribution in [2.75, 3.05) is 18.6 Å². The predicted molar refractivity (Wildman–Crippen MR) is 81.7 cm³/mol. The molecular weight excluding hydrogens is 312 g/mol. The van der Waals surface area contributed by atoms with Crippen molar-refractivity contribution in [1.29, 1.82) is 0 Å². The van der Waals surface area contributed by atoms with Crippen molar-refractivity contribution in [3.8, 4) is 0 Å². The molecule has 0 aliphatic heterocycles. The molecule has 118 valence electrons. The molecule has 0 saturated heterocycles. The van der Waals surface area contributed by atoms with Crippen molar-refractivity contribution in [2.45, 2.75) is 41.5 Å². The summed E-state index contributed by atoms with van der Waals surface area (Å²) in [6, 6.07) is 4.01. The Kier molecular flexibility index (Phi) is 4.60. The van der Waals surface area contributed by atoms with Gasteiger partial charge >= 0.3 is 0 Å². The second kappa shape index (κ2) is 5.94. The van der Waals surface area contributed by atoms with E-state index in [1.165, 1.54) is 18.2 Å². The molecule has 0 heterocycles. The Morgan fingerprint density at radius 1 is 1.10 bits per heavy atom. The number of anilines is 1. The Labute approximate surface area is 125 Å². The maximum Gasteiger partial charge on any atom is 0.242 e. The summed E-state index contributed by atoms with van der Waals surface area (Å²) in [5.74, 6) is 0. The summed E-state index contributed by atoms with van der Waals surface area (Å²) in [5.41, 5.74) is 0.382. The molecule has 8 heteroatoms. The van der Waals surface area contributed by atoms with Crippen LogP contribution in [0, 0.1) is 0 Å². The van der Waals surface area contributed by atoms with Gasteiger partial charge in [0, 0.05) is 19.3 Å². The maximum absolute atomic E-state index is 12.5. The van der Waals surface area contributed by atoms with Crippen molar-refractivity contribution in [3.63, 3.8) is 0 Å². The van der Waals surface area contributed by atoms with Crippen LogP contribution in [0.4, 0.5) is 5.69 Å². The van der Waals surface area contributed by atoms with Gasteiger partial charge in [0.15, 0.2) is 9.84 Å². The normalized spacial score (nSPS) is 17.0. The Bertz CT molecular complexity index is 721. The van der Waals surface area contributed by atoms with Gasteiger partial charge in [0.1, 0.15) is 4.90 Å². The first-order chi connectivity index (χ1) is 9.74. The predicted octanol–water partition coefficient (Wildman–Crippen LogP) is 1.35. The molecule has 1 fully saturated rings. The van der Waals surface area contributed by atoms with Crippen LogP contribution in [-0.4, -0.2) is 36.2 Å². The fraction of sp³-hybridized carbons (Fsp3) is 0.538. The van der Waals surface area contributed by atoms with E-state index in [1.807, 2.05) is 0 Å². The van der Waals surface area contributed by atoms with Gasteiger partial charge in [-0.05, 0) is 31.0 Å². The summed E-state index contributed by atoms with van der Waals surface area (Å²) in [6.07, 6.45) is 4.72. The van der Waals surface area contributed by atoms with E-state index >= 15 is 0 Å². The van der Waals surface area contributed by atoms with Crippen LogP contribution in [0.15, 0.2) is 28.0 Å². The monoisotopic (exact) mass is 332 g/mol. The zero-order valence-corrected chi connectivity index (χ0v) is 13.7. The summed E-state index contributed by atoms with van der Waals surface area (Å²) in [5, 5.41) is 2.79. The van der Waals surface area contributed by atoms with Crippen LogP contribution in [-0.2, 0) is 19.9 Å². The highest BCUT2D eigenvalue weighted by molar-refractivity contribution is 7.91. The molecule has 0 bridgehead atoms. The number of benzene rings is 1. The third-order valence-electron chi connectivity index (χ3n) is 3.62. The first kappa shape index (κ1) is 16.3. The second-order valence-corrected chi connectivity index (χ2v) is 8.98. The molecule has 1 aromatic rings.